The quantitative estimate of drug-likeness (QED) is 0.752. The number of hydrogen-bond donors (Lipinski definition) is 1. The number of likely N-dealkylation sites (N-methyl/N-ethyl adjacent to an activating group) is 1. The monoisotopic (exact) mass is 333 g/mol. The maximum absolute atomic E-state index is 12.5. The fourth-order valence-corrected chi connectivity index (χ4v) is 3.18. The number of hydrogen-bond acceptors (Lipinski definition) is 4. The van der Waals surface area contributed by atoms with E-state index in [9.17, 15) is 4.79 Å². The van der Waals surface area contributed by atoms with Gasteiger partial charge in [-0.25, -0.2) is 0 Å². The third kappa shape index (κ3) is 5.21. The molecule has 5 nitrogen and oxygen atoms in total. The first-order valence-corrected chi connectivity index (χ1v) is 9.07. The van der Waals surface area contributed by atoms with Crippen molar-refractivity contribution in [3.05, 3.63) is 29.8 Å². The maximum atomic E-state index is 12.5. The first-order valence-electron chi connectivity index (χ1n) is 9.07. The zero-order valence-corrected chi connectivity index (χ0v) is 15.3. The molecule has 1 aromatic rings. The molecule has 0 spiro atoms. The smallest absolute Gasteiger partial charge is 0.253 e. The first-order chi connectivity index (χ1) is 11.7. The summed E-state index contributed by atoms with van der Waals surface area (Å²) in [5.41, 5.74) is 0.746. The van der Waals surface area contributed by atoms with Crippen molar-refractivity contribution in [2.75, 3.05) is 52.9 Å². The molecule has 1 N–H and O–H groups in total. The van der Waals surface area contributed by atoms with E-state index in [0.29, 0.717) is 12.5 Å². The van der Waals surface area contributed by atoms with E-state index in [1.165, 1.54) is 0 Å². The number of carbonyl (C=O) groups is 1. The van der Waals surface area contributed by atoms with Crippen LogP contribution < -0.4 is 10.1 Å². The zero-order valence-electron chi connectivity index (χ0n) is 15.3. The maximum Gasteiger partial charge on any atom is 0.253 e. The van der Waals surface area contributed by atoms with Crippen LogP contribution in [0.3, 0.4) is 0 Å². The van der Waals surface area contributed by atoms with E-state index in [0.717, 1.165) is 57.0 Å². The Balaban J connectivity index is 1.82. The lowest BCUT2D eigenvalue weighted by Crippen LogP contribution is -2.30. The number of nitrogens with zero attached hydrogens (tertiary/aromatic N) is 2. The van der Waals surface area contributed by atoms with E-state index in [2.05, 4.69) is 24.1 Å². The summed E-state index contributed by atoms with van der Waals surface area (Å²) in [4.78, 5) is 16.8. The van der Waals surface area contributed by atoms with Gasteiger partial charge in [-0.15, -0.1) is 0 Å². The van der Waals surface area contributed by atoms with Gasteiger partial charge in [0.2, 0.25) is 0 Å². The molecule has 1 aliphatic heterocycles. The largest absolute Gasteiger partial charge is 0.492 e. The van der Waals surface area contributed by atoms with Crippen molar-refractivity contribution in [1.82, 2.24) is 15.1 Å². The summed E-state index contributed by atoms with van der Waals surface area (Å²) in [6.07, 6.45) is 1.08. The molecule has 1 aromatic carbocycles. The SMILES string of the molecule is CCN(CC)CCOc1ccc(C(=O)N2CCC(CNC)C2)cc1. The van der Waals surface area contributed by atoms with Crippen molar-refractivity contribution in [2.24, 2.45) is 5.92 Å². The van der Waals surface area contributed by atoms with Gasteiger partial charge in [-0.05, 0) is 63.3 Å². The molecule has 1 unspecified atom stereocenters. The predicted molar refractivity (Wildman–Crippen MR) is 97.7 cm³/mol. The Morgan fingerprint density at radius 3 is 2.62 bits per heavy atom. The highest BCUT2D eigenvalue weighted by molar-refractivity contribution is 5.94. The number of nitrogens with one attached hydrogen (secondary N) is 1. The number of carbonyl (C=O) groups excluding carboxylic acids is 1. The van der Waals surface area contributed by atoms with E-state index in [1.807, 2.05) is 36.2 Å². The molecule has 134 valence electrons. The van der Waals surface area contributed by atoms with Gasteiger partial charge in [0.25, 0.3) is 5.91 Å². The Morgan fingerprint density at radius 1 is 1.29 bits per heavy atom. The van der Waals surface area contributed by atoms with Crippen LogP contribution in [0.4, 0.5) is 0 Å². The van der Waals surface area contributed by atoms with Crippen molar-refractivity contribution in [3.8, 4) is 5.75 Å². The second-order valence-electron chi connectivity index (χ2n) is 6.36. The highest BCUT2D eigenvalue weighted by atomic mass is 16.5. The number of rotatable bonds is 9. The molecular formula is C19H31N3O2. The second-order valence-corrected chi connectivity index (χ2v) is 6.36. The minimum absolute atomic E-state index is 0.128. The fourth-order valence-electron chi connectivity index (χ4n) is 3.18. The van der Waals surface area contributed by atoms with E-state index in [1.54, 1.807) is 0 Å². The lowest BCUT2D eigenvalue weighted by Gasteiger charge is -2.18. The average Bonchev–Trinajstić information content (AvgIpc) is 3.08. The molecule has 1 atom stereocenters. The predicted octanol–water partition coefficient (Wildman–Crippen LogP) is 2.09. The minimum atomic E-state index is 0.128. The van der Waals surface area contributed by atoms with E-state index < -0.39 is 0 Å². The van der Waals surface area contributed by atoms with Crippen molar-refractivity contribution in [1.29, 1.82) is 0 Å². The standard InChI is InChI=1S/C19H31N3O2/c1-4-21(5-2)12-13-24-18-8-6-17(7-9-18)19(23)22-11-10-16(15-22)14-20-3/h6-9,16,20H,4-5,10-15H2,1-3H3. The number of benzene rings is 1. The van der Waals surface area contributed by atoms with Gasteiger partial charge in [-0.2, -0.15) is 0 Å². The summed E-state index contributed by atoms with van der Waals surface area (Å²) in [6, 6.07) is 7.55. The van der Waals surface area contributed by atoms with Crippen LogP contribution in [0.25, 0.3) is 0 Å². The Hall–Kier alpha value is -1.59. The van der Waals surface area contributed by atoms with Gasteiger partial charge in [-0.1, -0.05) is 13.8 Å². The molecule has 1 heterocycles. The van der Waals surface area contributed by atoms with Gasteiger partial charge in [0.1, 0.15) is 12.4 Å². The van der Waals surface area contributed by atoms with Crippen LogP contribution in [0.2, 0.25) is 0 Å². The van der Waals surface area contributed by atoms with Crippen molar-refractivity contribution >= 4 is 5.91 Å². The molecule has 0 bridgehead atoms. The average molecular weight is 333 g/mol. The highest BCUT2D eigenvalue weighted by Crippen LogP contribution is 2.19. The molecule has 1 amide bonds. The molecule has 24 heavy (non-hydrogen) atoms. The minimum Gasteiger partial charge on any atom is -0.492 e. The summed E-state index contributed by atoms with van der Waals surface area (Å²) >= 11 is 0. The lowest BCUT2D eigenvalue weighted by atomic mass is 10.1. The summed E-state index contributed by atoms with van der Waals surface area (Å²) in [7, 11) is 1.96. The molecular weight excluding hydrogens is 302 g/mol. The van der Waals surface area contributed by atoms with E-state index >= 15 is 0 Å². The number of ether oxygens (including phenoxy) is 1. The Labute approximate surface area is 146 Å². The normalized spacial score (nSPS) is 17.5. The number of amides is 1. The van der Waals surface area contributed by atoms with Gasteiger partial charge in [0.05, 0.1) is 0 Å². The van der Waals surface area contributed by atoms with Gasteiger partial charge >= 0.3 is 0 Å². The molecule has 2 rings (SSSR count). The van der Waals surface area contributed by atoms with Gasteiger partial charge in [0.15, 0.2) is 0 Å². The topological polar surface area (TPSA) is 44.8 Å². The van der Waals surface area contributed by atoms with Crippen LogP contribution >= 0.6 is 0 Å². The summed E-state index contributed by atoms with van der Waals surface area (Å²) in [5.74, 6) is 1.53. The third-order valence-corrected chi connectivity index (χ3v) is 4.74. The fraction of sp³-hybridized carbons (Fsp3) is 0.632. The molecule has 0 radical (unpaired) electrons. The van der Waals surface area contributed by atoms with Crippen molar-refractivity contribution in [2.45, 2.75) is 20.3 Å². The second kappa shape index (κ2) is 9.64. The summed E-state index contributed by atoms with van der Waals surface area (Å²) < 4.78 is 5.77. The molecule has 0 saturated carbocycles. The molecule has 1 aliphatic rings. The lowest BCUT2D eigenvalue weighted by molar-refractivity contribution is 0.0787. The van der Waals surface area contributed by atoms with Crippen LogP contribution in [0.15, 0.2) is 24.3 Å². The van der Waals surface area contributed by atoms with Crippen LogP contribution in [0.1, 0.15) is 30.6 Å². The van der Waals surface area contributed by atoms with Gasteiger partial charge in [-0.3, -0.25) is 4.79 Å². The van der Waals surface area contributed by atoms with E-state index in [4.69, 9.17) is 4.74 Å². The molecule has 1 saturated heterocycles. The highest BCUT2D eigenvalue weighted by Gasteiger charge is 2.26. The number of likely N-dealkylation sites (tertiary alicyclic amines) is 1. The molecule has 5 heteroatoms. The molecule has 1 fully saturated rings. The van der Waals surface area contributed by atoms with Crippen LogP contribution in [-0.4, -0.2) is 68.6 Å². The Bertz CT molecular complexity index is 500. The van der Waals surface area contributed by atoms with Gasteiger partial charge < -0.3 is 19.9 Å². The van der Waals surface area contributed by atoms with Crippen molar-refractivity contribution < 1.29 is 9.53 Å². The van der Waals surface area contributed by atoms with Crippen LogP contribution in [0, 0.1) is 5.92 Å². The molecule has 0 aliphatic carbocycles. The van der Waals surface area contributed by atoms with E-state index in [-0.39, 0.29) is 5.91 Å². The molecule has 0 aromatic heterocycles. The summed E-state index contributed by atoms with van der Waals surface area (Å²) in [6.45, 7) is 10.7. The third-order valence-electron chi connectivity index (χ3n) is 4.74. The van der Waals surface area contributed by atoms with Gasteiger partial charge in [0, 0.05) is 25.2 Å². The summed E-state index contributed by atoms with van der Waals surface area (Å²) in [5, 5.41) is 3.19. The first kappa shape index (κ1) is 18.7. The zero-order chi connectivity index (χ0) is 17.4. The van der Waals surface area contributed by atoms with Crippen LogP contribution in [-0.2, 0) is 0 Å². The Kier molecular flexibility index (Phi) is 7.53. The Morgan fingerprint density at radius 2 is 2.00 bits per heavy atom. The van der Waals surface area contributed by atoms with Crippen LogP contribution in [0.5, 0.6) is 5.75 Å². The van der Waals surface area contributed by atoms with Crippen molar-refractivity contribution in [3.63, 3.8) is 0 Å².